The van der Waals surface area contributed by atoms with E-state index < -0.39 is 35.9 Å². The van der Waals surface area contributed by atoms with Crippen LogP contribution in [0.2, 0.25) is 0 Å². The van der Waals surface area contributed by atoms with Crippen molar-refractivity contribution < 1.29 is 38.1 Å². The molecule has 1 aliphatic rings. The van der Waals surface area contributed by atoms with Crippen molar-refractivity contribution in [3.63, 3.8) is 0 Å². The minimum absolute atomic E-state index is 0.0351. The first-order valence-corrected chi connectivity index (χ1v) is 5.97. The smallest absolute Gasteiger partial charge is 0.303 e. The molecule has 8 heteroatoms. The van der Waals surface area contributed by atoms with Gasteiger partial charge in [-0.3, -0.25) is 14.4 Å². The third kappa shape index (κ3) is 3.91. The fourth-order valence-electron chi connectivity index (χ4n) is 1.89. The van der Waals surface area contributed by atoms with Crippen LogP contribution in [-0.4, -0.2) is 56.2 Å². The topological polar surface area (TPSA) is 97.4 Å². The molecule has 8 nitrogen and oxygen atoms in total. The van der Waals surface area contributed by atoms with E-state index >= 15 is 0 Å². The molecule has 1 rings (SSSR count). The highest BCUT2D eigenvalue weighted by Crippen LogP contribution is 2.32. The third-order valence-corrected chi connectivity index (χ3v) is 2.70. The fourth-order valence-corrected chi connectivity index (χ4v) is 1.89. The molecule has 1 saturated heterocycles. The molecule has 1 heterocycles. The van der Waals surface area contributed by atoms with Crippen molar-refractivity contribution in [3.05, 3.63) is 0 Å². The van der Waals surface area contributed by atoms with Gasteiger partial charge in [0.25, 0.3) is 0 Å². The lowest BCUT2D eigenvalue weighted by Gasteiger charge is -2.32. The number of ether oxygens (including phenoxy) is 5. The summed E-state index contributed by atoms with van der Waals surface area (Å²) in [4.78, 5) is 33.2. The molecule has 0 radical (unpaired) electrons. The van der Waals surface area contributed by atoms with Crippen LogP contribution in [0.15, 0.2) is 0 Å². The highest BCUT2D eigenvalue weighted by molar-refractivity contribution is 5.68. The van der Waals surface area contributed by atoms with Gasteiger partial charge in [-0.1, -0.05) is 0 Å². The van der Waals surface area contributed by atoms with Gasteiger partial charge in [0.15, 0.2) is 12.2 Å². The Labute approximate surface area is 116 Å². The monoisotopic (exact) mass is 290 g/mol. The zero-order valence-electron chi connectivity index (χ0n) is 11.8. The van der Waals surface area contributed by atoms with Crippen molar-refractivity contribution in [1.82, 2.24) is 0 Å². The van der Waals surface area contributed by atoms with Crippen LogP contribution in [0.1, 0.15) is 20.8 Å². The summed E-state index contributed by atoms with van der Waals surface area (Å²) in [5, 5.41) is 0. The first-order valence-electron chi connectivity index (χ1n) is 5.97. The summed E-state index contributed by atoms with van der Waals surface area (Å²) in [6.45, 7) is 3.34. The van der Waals surface area contributed by atoms with Crippen LogP contribution in [-0.2, 0) is 38.1 Å². The maximum absolute atomic E-state index is 11.2. The van der Waals surface area contributed by atoms with E-state index in [1.165, 1.54) is 27.9 Å². The van der Waals surface area contributed by atoms with Crippen LogP contribution in [0, 0.1) is 0 Å². The molecule has 0 saturated carbocycles. The van der Waals surface area contributed by atoms with Gasteiger partial charge in [-0.25, -0.2) is 0 Å². The summed E-state index contributed by atoms with van der Waals surface area (Å²) in [6, 6.07) is 0. The molecule has 1 aliphatic heterocycles. The SMILES string of the molecule is CO[C@]1(COC(C)=O)OC[C@@H](OC(C)=O)[C@@H]1OC(C)=O. The maximum atomic E-state index is 11.2. The van der Waals surface area contributed by atoms with Crippen LogP contribution in [0.25, 0.3) is 0 Å². The van der Waals surface area contributed by atoms with E-state index in [2.05, 4.69) is 0 Å². The van der Waals surface area contributed by atoms with Crippen molar-refractivity contribution >= 4 is 17.9 Å². The van der Waals surface area contributed by atoms with Crippen LogP contribution < -0.4 is 0 Å². The highest BCUT2D eigenvalue weighted by atomic mass is 16.8. The summed E-state index contributed by atoms with van der Waals surface area (Å²) in [6.07, 6.45) is -1.85. The molecular weight excluding hydrogens is 272 g/mol. The molecule has 0 aromatic carbocycles. The molecule has 0 aliphatic carbocycles. The number of methoxy groups -OCH3 is 1. The van der Waals surface area contributed by atoms with E-state index in [1.807, 2.05) is 0 Å². The molecule has 0 bridgehead atoms. The van der Waals surface area contributed by atoms with Gasteiger partial charge in [0, 0.05) is 27.9 Å². The lowest BCUT2D eigenvalue weighted by Crippen LogP contribution is -2.51. The van der Waals surface area contributed by atoms with Crippen molar-refractivity contribution in [2.45, 2.75) is 38.8 Å². The second kappa shape index (κ2) is 6.67. The molecule has 0 spiro atoms. The van der Waals surface area contributed by atoms with Crippen LogP contribution in [0.4, 0.5) is 0 Å². The summed E-state index contributed by atoms with van der Waals surface area (Å²) in [7, 11) is 1.32. The zero-order chi connectivity index (χ0) is 15.3. The molecule has 114 valence electrons. The van der Waals surface area contributed by atoms with Crippen LogP contribution >= 0.6 is 0 Å². The van der Waals surface area contributed by atoms with Crippen molar-refractivity contribution in [1.29, 1.82) is 0 Å². The molecule has 20 heavy (non-hydrogen) atoms. The molecule has 0 N–H and O–H groups in total. The van der Waals surface area contributed by atoms with Gasteiger partial charge in [-0.2, -0.15) is 0 Å². The Bertz CT molecular complexity index is 393. The van der Waals surface area contributed by atoms with Crippen molar-refractivity contribution in [2.75, 3.05) is 20.3 Å². The molecule has 0 aromatic heterocycles. The number of esters is 3. The molecule has 0 unspecified atom stereocenters. The van der Waals surface area contributed by atoms with Gasteiger partial charge in [0.05, 0.1) is 6.61 Å². The Hall–Kier alpha value is -1.67. The zero-order valence-corrected chi connectivity index (χ0v) is 11.8. The van der Waals surface area contributed by atoms with Crippen LogP contribution in [0.5, 0.6) is 0 Å². The van der Waals surface area contributed by atoms with Gasteiger partial charge < -0.3 is 23.7 Å². The van der Waals surface area contributed by atoms with E-state index in [0.29, 0.717) is 0 Å². The Morgan fingerprint density at radius 2 is 1.70 bits per heavy atom. The molecule has 0 amide bonds. The number of carbonyl (C=O) groups excluding carboxylic acids is 3. The molecule has 3 atom stereocenters. The molecule has 0 aromatic rings. The summed E-state index contributed by atoms with van der Waals surface area (Å²) >= 11 is 0. The first-order chi connectivity index (χ1) is 9.30. The second-order valence-corrected chi connectivity index (χ2v) is 4.29. The van der Waals surface area contributed by atoms with E-state index in [1.54, 1.807) is 0 Å². The van der Waals surface area contributed by atoms with E-state index in [9.17, 15) is 14.4 Å². The Balaban J connectivity index is 2.92. The predicted octanol–water partition coefficient (Wildman–Crippen LogP) is -0.214. The summed E-state index contributed by atoms with van der Waals surface area (Å²) in [5.74, 6) is -3.17. The second-order valence-electron chi connectivity index (χ2n) is 4.29. The van der Waals surface area contributed by atoms with Crippen molar-refractivity contribution in [3.8, 4) is 0 Å². The number of carbonyl (C=O) groups is 3. The maximum Gasteiger partial charge on any atom is 0.303 e. The minimum atomic E-state index is -1.49. The average Bonchev–Trinajstić information content (AvgIpc) is 2.65. The molecular formula is C12H18O8. The van der Waals surface area contributed by atoms with Crippen molar-refractivity contribution in [2.24, 2.45) is 0 Å². The van der Waals surface area contributed by atoms with Gasteiger partial charge >= 0.3 is 17.9 Å². The van der Waals surface area contributed by atoms with E-state index in [-0.39, 0.29) is 13.2 Å². The van der Waals surface area contributed by atoms with Gasteiger partial charge in [0.2, 0.25) is 5.79 Å². The largest absolute Gasteiger partial charge is 0.460 e. The summed E-state index contributed by atoms with van der Waals surface area (Å²) < 4.78 is 25.6. The van der Waals surface area contributed by atoms with E-state index in [4.69, 9.17) is 23.7 Å². The number of hydrogen-bond acceptors (Lipinski definition) is 8. The average molecular weight is 290 g/mol. The quantitative estimate of drug-likeness (QED) is 0.506. The van der Waals surface area contributed by atoms with Gasteiger partial charge in [-0.05, 0) is 0 Å². The lowest BCUT2D eigenvalue weighted by molar-refractivity contribution is -0.260. The lowest BCUT2D eigenvalue weighted by atomic mass is 10.1. The first kappa shape index (κ1) is 16.4. The minimum Gasteiger partial charge on any atom is -0.460 e. The standard InChI is InChI=1S/C12H18O8/c1-7(13)17-6-12(16-4)11(20-9(3)15)10(5-18-12)19-8(2)14/h10-11H,5-6H2,1-4H3/t10-,11+,12-/m1/s1. The number of rotatable bonds is 5. The van der Waals surface area contributed by atoms with Crippen LogP contribution in [0.3, 0.4) is 0 Å². The Morgan fingerprint density at radius 3 is 2.15 bits per heavy atom. The Kier molecular flexibility index (Phi) is 5.46. The normalized spacial score (nSPS) is 28.8. The van der Waals surface area contributed by atoms with Gasteiger partial charge in [0.1, 0.15) is 6.61 Å². The Morgan fingerprint density at radius 1 is 1.10 bits per heavy atom. The van der Waals surface area contributed by atoms with Gasteiger partial charge in [-0.15, -0.1) is 0 Å². The highest BCUT2D eigenvalue weighted by Gasteiger charge is 2.56. The predicted molar refractivity (Wildman–Crippen MR) is 63.4 cm³/mol. The number of hydrogen-bond donors (Lipinski definition) is 0. The third-order valence-electron chi connectivity index (χ3n) is 2.70. The molecule has 1 fully saturated rings. The van der Waals surface area contributed by atoms with E-state index in [0.717, 1.165) is 0 Å². The fraction of sp³-hybridized carbons (Fsp3) is 0.750. The summed E-state index contributed by atoms with van der Waals surface area (Å²) in [5.41, 5.74) is 0.